The zero-order valence-corrected chi connectivity index (χ0v) is 9.80. The molecule has 1 fully saturated rings. The molecule has 0 spiro atoms. The Morgan fingerprint density at radius 1 is 1.67 bits per heavy atom. The highest BCUT2D eigenvalue weighted by atomic mass is 32.1. The van der Waals surface area contributed by atoms with E-state index in [0.717, 1.165) is 24.6 Å². The third-order valence-corrected chi connectivity index (χ3v) is 3.66. The fourth-order valence-corrected chi connectivity index (χ4v) is 2.27. The van der Waals surface area contributed by atoms with Crippen LogP contribution in [0.2, 0.25) is 0 Å². The summed E-state index contributed by atoms with van der Waals surface area (Å²) in [7, 11) is 0. The summed E-state index contributed by atoms with van der Waals surface area (Å²) >= 11 is 1.18. The number of nitrogens with one attached hydrogen (secondary N) is 1. The van der Waals surface area contributed by atoms with Crippen LogP contribution in [-0.2, 0) is 6.42 Å². The fraction of sp³-hybridized carbons (Fsp3) is 0.700. The molecule has 0 saturated heterocycles. The molecule has 1 aromatic heterocycles. The van der Waals surface area contributed by atoms with Crippen molar-refractivity contribution in [3.8, 4) is 0 Å². The van der Waals surface area contributed by atoms with Gasteiger partial charge in [-0.25, -0.2) is 0 Å². The van der Waals surface area contributed by atoms with Crippen LogP contribution in [0.25, 0.3) is 0 Å². The summed E-state index contributed by atoms with van der Waals surface area (Å²) in [4.78, 5) is 12.4. The Morgan fingerprint density at radius 2 is 2.40 bits per heavy atom. The summed E-state index contributed by atoms with van der Waals surface area (Å²) in [5, 5.41) is 6.86. The number of aromatic nitrogens is 2. The number of nitrogens with zero attached hydrogens (tertiary/aromatic N) is 2. The second-order valence-electron chi connectivity index (χ2n) is 4.09. The van der Waals surface area contributed by atoms with Crippen molar-refractivity contribution in [2.24, 2.45) is 11.8 Å². The first-order valence-electron chi connectivity index (χ1n) is 5.31. The number of carbonyl (C=O) groups is 1. The normalized spacial score (nSPS) is 23.9. The molecule has 2 atom stereocenters. The van der Waals surface area contributed by atoms with E-state index in [1.165, 1.54) is 18.0 Å². The highest BCUT2D eigenvalue weighted by Crippen LogP contribution is 2.36. The zero-order chi connectivity index (χ0) is 10.8. The molecular weight excluding hydrogens is 210 g/mol. The van der Waals surface area contributed by atoms with Gasteiger partial charge in [0.1, 0.15) is 4.88 Å². The average Bonchev–Trinajstić information content (AvgIpc) is 2.78. The van der Waals surface area contributed by atoms with Gasteiger partial charge in [-0.05, 0) is 36.2 Å². The fourth-order valence-electron chi connectivity index (χ4n) is 1.60. The van der Waals surface area contributed by atoms with Crippen LogP contribution in [0.3, 0.4) is 0 Å². The van der Waals surface area contributed by atoms with Gasteiger partial charge in [-0.2, -0.15) is 0 Å². The molecule has 1 aliphatic rings. The van der Waals surface area contributed by atoms with E-state index in [-0.39, 0.29) is 5.91 Å². The van der Waals surface area contributed by atoms with E-state index in [1.54, 1.807) is 0 Å². The predicted octanol–water partition coefficient (Wildman–Crippen LogP) is 1.49. The van der Waals surface area contributed by atoms with Gasteiger partial charge < -0.3 is 5.32 Å². The molecular formula is C10H15N3OS. The quantitative estimate of drug-likeness (QED) is 0.844. The third kappa shape index (κ3) is 2.34. The molecule has 2 unspecified atom stereocenters. The summed E-state index contributed by atoms with van der Waals surface area (Å²) in [5.74, 6) is 1.44. The van der Waals surface area contributed by atoms with Crippen LogP contribution in [0.1, 0.15) is 35.6 Å². The Morgan fingerprint density at radius 3 is 3.00 bits per heavy atom. The van der Waals surface area contributed by atoms with Gasteiger partial charge in [-0.15, -0.1) is 5.10 Å². The number of aryl methyl sites for hydroxylation is 1. The lowest BCUT2D eigenvalue weighted by molar-refractivity contribution is 0.0954. The summed E-state index contributed by atoms with van der Waals surface area (Å²) < 4.78 is 3.80. The van der Waals surface area contributed by atoms with Gasteiger partial charge in [-0.3, -0.25) is 4.79 Å². The smallest absolute Gasteiger partial charge is 0.264 e. The van der Waals surface area contributed by atoms with E-state index in [2.05, 4.69) is 21.8 Å². The standard InChI is InChI=1S/C10H15N3OS/c1-3-8-9(15-13-12-8)10(14)11-5-7-4-6(7)2/h6-7H,3-5H2,1-2H3,(H,11,14). The van der Waals surface area contributed by atoms with Gasteiger partial charge in [0.15, 0.2) is 0 Å². The molecule has 0 aromatic carbocycles. The maximum Gasteiger partial charge on any atom is 0.264 e. The van der Waals surface area contributed by atoms with Crippen molar-refractivity contribution < 1.29 is 4.79 Å². The maximum absolute atomic E-state index is 11.7. The first-order valence-corrected chi connectivity index (χ1v) is 6.09. The van der Waals surface area contributed by atoms with Gasteiger partial charge >= 0.3 is 0 Å². The minimum atomic E-state index is -0.0130. The molecule has 1 aliphatic carbocycles. The number of hydrogen-bond donors (Lipinski definition) is 1. The molecule has 0 aliphatic heterocycles. The van der Waals surface area contributed by atoms with Gasteiger partial charge in [0.05, 0.1) is 5.69 Å². The van der Waals surface area contributed by atoms with Crippen LogP contribution in [0.4, 0.5) is 0 Å². The van der Waals surface area contributed by atoms with E-state index in [0.29, 0.717) is 10.8 Å². The molecule has 1 saturated carbocycles. The van der Waals surface area contributed by atoms with Crippen molar-refractivity contribution in [1.82, 2.24) is 14.9 Å². The van der Waals surface area contributed by atoms with Crippen molar-refractivity contribution in [2.45, 2.75) is 26.7 Å². The van der Waals surface area contributed by atoms with Crippen molar-refractivity contribution in [3.63, 3.8) is 0 Å². The molecule has 0 bridgehead atoms. The summed E-state index contributed by atoms with van der Waals surface area (Å²) in [6, 6.07) is 0. The minimum absolute atomic E-state index is 0.0130. The average molecular weight is 225 g/mol. The topological polar surface area (TPSA) is 54.9 Å². The summed E-state index contributed by atoms with van der Waals surface area (Å²) in [5.41, 5.74) is 0.807. The van der Waals surface area contributed by atoms with Crippen LogP contribution in [-0.4, -0.2) is 22.0 Å². The van der Waals surface area contributed by atoms with Crippen LogP contribution < -0.4 is 5.32 Å². The van der Waals surface area contributed by atoms with Gasteiger partial charge in [0.2, 0.25) is 0 Å². The van der Waals surface area contributed by atoms with Crippen LogP contribution in [0.15, 0.2) is 0 Å². The molecule has 15 heavy (non-hydrogen) atoms. The van der Waals surface area contributed by atoms with Crippen molar-refractivity contribution >= 4 is 17.4 Å². The Kier molecular flexibility index (Phi) is 3.00. The minimum Gasteiger partial charge on any atom is -0.351 e. The van der Waals surface area contributed by atoms with Crippen molar-refractivity contribution in [1.29, 1.82) is 0 Å². The lowest BCUT2D eigenvalue weighted by atomic mass is 10.3. The maximum atomic E-state index is 11.7. The monoisotopic (exact) mass is 225 g/mol. The van der Waals surface area contributed by atoms with Gasteiger partial charge in [-0.1, -0.05) is 18.3 Å². The lowest BCUT2D eigenvalue weighted by Gasteiger charge is -2.02. The molecule has 1 heterocycles. The third-order valence-electron chi connectivity index (χ3n) is 2.90. The Labute approximate surface area is 93.2 Å². The Hall–Kier alpha value is -0.970. The number of hydrogen-bond acceptors (Lipinski definition) is 4. The number of carbonyl (C=O) groups excluding carboxylic acids is 1. The zero-order valence-electron chi connectivity index (χ0n) is 8.99. The Balaban J connectivity index is 1.90. The van der Waals surface area contributed by atoms with Gasteiger partial charge in [0, 0.05) is 6.54 Å². The molecule has 1 amide bonds. The summed E-state index contributed by atoms with van der Waals surface area (Å²) in [6.45, 7) is 4.99. The van der Waals surface area contributed by atoms with E-state index in [1.807, 2.05) is 6.92 Å². The molecule has 2 rings (SSSR count). The predicted molar refractivity (Wildman–Crippen MR) is 58.9 cm³/mol. The van der Waals surface area contributed by atoms with E-state index in [9.17, 15) is 4.79 Å². The van der Waals surface area contributed by atoms with E-state index in [4.69, 9.17) is 0 Å². The van der Waals surface area contributed by atoms with Gasteiger partial charge in [0.25, 0.3) is 5.91 Å². The number of amides is 1. The number of rotatable bonds is 4. The van der Waals surface area contributed by atoms with E-state index >= 15 is 0 Å². The van der Waals surface area contributed by atoms with Crippen LogP contribution in [0.5, 0.6) is 0 Å². The molecule has 0 radical (unpaired) electrons. The molecule has 1 N–H and O–H groups in total. The molecule has 82 valence electrons. The largest absolute Gasteiger partial charge is 0.351 e. The van der Waals surface area contributed by atoms with Crippen molar-refractivity contribution in [3.05, 3.63) is 10.6 Å². The Bertz CT molecular complexity index is 363. The van der Waals surface area contributed by atoms with E-state index < -0.39 is 0 Å². The molecule has 1 aromatic rings. The first kappa shape index (κ1) is 10.5. The molecule has 4 nitrogen and oxygen atoms in total. The highest BCUT2D eigenvalue weighted by Gasteiger charge is 2.32. The van der Waals surface area contributed by atoms with Crippen LogP contribution in [0, 0.1) is 11.8 Å². The van der Waals surface area contributed by atoms with Crippen LogP contribution >= 0.6 is 11.5 Å². The summed E-state index contributed by atoms with van der Waals surface area (Å²) in [6.07, 6.45) is 2.00. The van der Waals surface area contributed by atoms with Crippen molar-refractivity contribution in [2.75, 3.05) is 6.54 Å². The lowest BCUT2D eigenvalue weighted by Crippen LogP contribution is -2.25. The molecule has 5 heteroatoms. The first-order chi connectivity index (χ1) is 7.22. The highest BCUT2D eigenvalue weighted by molar-refractivity contribution is 7.08. The second kappa shape index (κ2) is 4.26. The second-order valence-corrected chi connectivity index (χ2v) is 4.84. The SMILES string of the molecule is CCc1nnsc1C(=O)NCC1CC1C.